The van der Waals surface area contributed by atoms with E-state index < -0.39 is 0 Å². The molecule has 0 spiro atoms. The van der Waals surface area contributed by atoms with Gasteiger partial charge in [0.2, 0.25) is 0 Å². The molecule has 1 heterocycles. The van der Waals surface area contributed by atoms with Crippen molar-refractivity contribution in [3.63, 3.8) is 0 Å². The third-order valence-corrected chi connectivity index (χ3v) is 2.57. The largest absolute Gasteiger partial charge is 0.341 e. The minimum atomic E-state index is 0.0932. The van der Waals surface area contributed by atoms with Crippen LogP contribution in [0.1, 0.15) is 10.4 Å². The molecule has 0 unspecified atom stereocenters. The van der Waals surface area contributed by atoms with Crippen molar-refractivity contribution in [2.24, 2.45) is 0 Å². The van der Waals surface area contributed by atoms with Crippen LogP contribution in [0.4, 0.5) is 0 Å². The van der Waals surface area contributed by atoms with E-state index in [2.05, 4.69) is 15.9 Å². The summed E-state index contributed by atoms with van der Waals surface area (Å²) in [7, 11) is 1.81. The third-order valence-electron chi connectivity index (χ3n) is 1.53. The molecule has 0 aliphatic heterocycles. The van der Waals surface area contributed by atoms with E-state index >= 15 is 0 Å². The molecular formula is C8H10BrNOS. The fourth-order valence-corrected chi connectivity index (χ4v) is 2.00. The molecule has 66 valence electrons. The van der Waals surface area contributed by atoms with Crippen LogP contribution in [0.25, 0.3) is 0 Å². The number of alkyl halides is 1. The van der Waals surface area contributed by atoms with E-state index in [1.165, 1.54) is 0 Å². The highest BCUT2D eigenvalue weighted by Gasteiger charge is 2.10. The Labute approximate surface area is 84.3 Å². The summed E-state index contributed by atoms with van der Waals surface area (Å²) >= 11 is 4.83. The second kappa shape index (κ2) is 4.62. The Kier molecular flexibility index (Phi) is 3.75. The van der Waals surface area contributed by atoms with Crippen LogP contribution in [-0.2, 0) is 0 Å². The lowest BCUT2D eigenvalue weighted by Gasteiger charge is -2.14. The smallest absolute Gasteiger partial charge is 0.254 e. The van der Waals surface area contributed by atoms with Gasteiger partial charge in [-0.1, -0.05) is 15.9 Å². The van der Waals surface area contributed by atoms with E-state index in [9.17, 15) is 4.79 Å². The van der Waals surface area contributed by atoms with Gasteiger partial charge in [0.05, 0.1) is 5.56 Å². The number of thiophene rings is 1. The summed E-state index contributed by atoms with van der Waals surface area (Å²) in [5, 5.41) is 4.60. The summed E-state index contributed by atoms with van der Waals surface area (Å²) in [6.07, 6.45) is 0. The van der Waals surface area contributed by atoms with Crippen LogP contribution in [0.5, 0.6) is 0 Å². The molecule has 2 nitrogen and oxygen atoms in total. The van der Waals surface area contributed by atoms with E-state index in [1.807, 2.05) is 16.8 Å². The van der Waals surface area contributed by atoms with Gasteiger partial charge in [0.15, 0.2) is 0 Å². The highest BCUT2D eigenvalue weighted by atomic mass is 79.9. The van der Waals surface area contributed by atoms with Crippen molar-refractivity contribution in [1.82, 2.24) is 4.90 Å². The Morgan fingerprint density at radius 3 is 3.00 bits per heavy atom. The maximum atomic E-state index is 11.5. The van der Waals surface area contributed by atoms with Crippen molar-refractivity contribution < 1.29 is 4.79 Å². The number of carbonyl (C=O) groups excluding carboxylic acids is 1. The van der Waals surface area contributed by atoms with Gasteiger partial charge in [-0.25, -0.2) is 0 Å². The zero-order valence-electron chi connectivity index (χ0n) is 6.79. The van der Waals surface area contributed by atoms with Gasteiger partial charge >= 0.3 is 0 Å². The van der Waals surface area contributed by atoms with Crippen molar-refractivity contribution >= 4 is 33.2 Å². The molecule has 0 aliphatic rings. The van der Waals surface area contributed by atoms with Crippen LogP contribution in [0.15, 0.2) is 16.8 Å². The van der Waals surface area contributed by atoms with Crippen molar-refractivity contribution in [2.75, 3.05) is 18.9 Å². The van der Waals surface area contributed by atoms with Crippen LogP contribution in [-0.4, -0.2) is 29.7 Å². The average molecular weight is 248 g/mol. The zero-order valence-corrected chi connectivity index (χ0v) is 9.19. The summed E-state index contributed by atoms with van der Waals surface area (Å²) in [5.74, 6) is 0.0932. The Balaban J connectivity index is 2.59. The number of hydrogen-bond donors (Lipinski definition) is 0. The molecule has 0 bridgehead atoms. The van der Waals surface area contributed by atoms with Crippen LogP contribution < -0.4 is 0 Å². The maximum Gasteiger partial charge on any atom is 0.254 e. The van der Waals surface area contributed by atoms with Crippen LogP contribution >= 0.6 is 27.3 Å². The van der Waals surface area contributed by atoms with E-state index in [4.69, 9.17) is 0 Å². The number of rotatable bonds is 3. The van der Waals surface area contributed by atoms with Crippen molar-refractivity contribution in [3.8, 4) is 0 Å². The quantitative estimate of drug-likeness (QED) is 0.751. The summed E-state index contributed by atoms with van der Waals surface area (Å²) in [6.45, 7) is 0.745. The van der Waals surface area contributed by atoms with Gasteiger partial charge < -0.3 is 4.90 Å². The Morgan fingerprint density at radius 2 is 2.50 bits per heavy atom. The predicted octanol–water partition coefficient (Wildman–Crippen LogP) is 2.21. The van der Waals surface area contributed by atoms with Crippen LogP contribution in [0.2, 0.25) is 0 Å². The molecule has 0 aromatic carbocycles. The lowest BCUT2D eigenvalue weighted by atomic mass is 10.3. The highest BCUT2D eigenvalue weighted by Crippen LogP contribution is 2.08. The fourth-order valence-electron chi connectivity index (χ4n) is 0.835. The maximum absolute atomic E-state index is 11.5. The standard InChI is InChI=1S/C8H10BrNOS/c1-10(4-3-9)8(11)7-2-5-12-6-7/h2,5-6H,3-4H2,1H3. The number of amides is 1. The van der Waals surface area contributed by atoms with Crippen molar-refractivity contribution in [2.45, 2.75) is 0 Å². The molecule has 4 heteroatoms. The van der Waals surface area contributed by atoms with E-state index in [-0.39, 0.29) is 5.91 Å². The highest BCUT2D eigenvalue weighted by molar-refractivity contribution is 9.09. The van der Waals surface area contributed by atoms with Gasteiger partial charge in [0.1, 0.15) is 0 Å². The Morgan fingerprint density at radius 1 is 1.75 bits per heavy atom. The SMILES string of the molecule is CN(CCBr)C(=O)c1ccsc1. The lowest BCUT2D eigenvalue weighted by molar-refractivity contribution is 0.0804. The molecule has 0 saturated carbocycles. The van der Waals surface area contributed by atoms with Crippen molar-refractivity contribution in [3.05, 3.63) is 22.4 Å². The number of carbonyl (C=O) groups is 1. The molecule has 0 aliphatic carbocycles. The Bertz CT molecular complexity index is 248. The molecule has 1 rings (SSSR count). The fraction of sp³-hybridized carbons (Fsp3) is 0.375. The molecular weight excluding hydrogens is 238 g/mol. The van der Waals surface area contributed by atoms with Gasteiger partial charge in [0, 0.05) is 24.3 Å². The molecule has 1 amide bonds. The summed E-state index contributed by atoms with van der Waals surface area (Å²) in [5.41, 5.74) is 0.781. The third kappa shape index (κ3) is 2.32. The summed E-state index contributed by atoms with van der Waals surface area (Å²) in [4.78, 5) is 13.2. The molecule has 1 aromatic rings. The average Bonchev–Trinajstić information content (AvgIpc) is 2.55. The molecule has 1 aromatic heterocycles. The normalized spacial score (nSPS) is 9.83. The summed E-state index contributed by atoms with van der Waals surface area (Å²) in [6, 6.07) is 1.84. The first-order valence-corrected chi connectivity index (χ1v) is 5.65. The lowest BCUT2D eigenvalue weighted by Crippen LogP contribution is -2.27. The first kappa shape index (κ1) is 9.74. The monoisotopic (exact) mass is 247 g/mol. The Hall–Kier alpha value is -0.350. The molecule has 0 N–H and O–H groups in total. The van der Waals surface area contributed by atoms with E-state index in [1.54, 1.807) is 23.3 Å². The molecule has 0 fully saturated rings. The number of halogens is 1. The zero-order chi connectivity index (χ0) is 8.97. The minimum Gasteiger partial charge on any atom is -0.341 e. The van der Waals surface area contributed by atoms with Crippen molar-refractivity contribution in [1.29, 1.82) is 0 Å². The van der Waals surface area contributed by atoms with Gasteiger partial charge in [-0.2, -0.15) is 11.3 Å². The first-order valence-electron chi connectivity index (χ1n) is 3.59. The van der Waals surface area contributed by atoms with E-state index in [0.29, 0.717) is 0 Å². The topological polar surface area (TPSA) is 20.3 Å². The second-order valence-corrected chi connectivity index (χ2v) is 4.00. The first-order chi connectivity index (χ1) is 5.75. The predicted molar refractivity (Wildman–Crippen MR) is 55.1 cm³/mol. The van der Waals surface area contributed by atoms with Gasteiger partial charge in [-0.05, 0) is 11.4 Å². The van der Waals surface area contributed by atoms with Gasteiger partial charge in [-0.3, -0.25) is 4.79 Å². The molecule has 12 heavy (non-hydrogen) atoms. The minimum absolute atomic E-state index is 0.0932. The second-order valence-electron chi connectivity index (χ2n) is 2.43. The van der Waals surface area contributed by atoms with Crippen LogP contribution in [0, 0.1) is 0 Å². The van der Waals surface area contributed by atoms with E-state index in [0.717, 1.165) is 17.4 Å². The summed E-state index contributed by atoms with van der Waals surface area (Å²) < 4.78 is 0. The molecule has 0 atom stereocenters. The molecule has 0 radical (unpaired) electrons. The molecule has 0 saturated heterocycles. The number of nitrogens with zero attached hydrogens (tertiary/aromatic N) is 1. The number of hydrogen-bond acceptors (Lipinski definition) is 2. The van der Waals surface area contributed by atoms with Crippen LogP contribution in [0.3, 0.4) is 0 Å². The van der Waals surface area contributed by atoms with Gasteiger partial charge in [0.25, 0.3) is 5.91 Å². The van der Waals surface area contributed by atoms with Gasteiger partial charge in [-0.15, -0.1) is 0 Å².